The summed E-state index contributed by atoms with van der Waals surface area (Å²) in [5.41, 5.74) is 1.29. The molecule has 0 bridgehead atoms. The second-order valence-corrected chi connectivity index (χ2v) is 9.33. The molecule has 4 amide bonds. The van der Waals surface area contributed by atoms with Crippen LogP contribution in [0.4, 0.5) is 5.69 Å². The Morgan fingerprint density at radius 1 is 1.18 bits per heavy atom. The van der Waals surface area contributed by atoms with Crippen LogP contribution >= 0.6 is 35.3 Å². The van der Waals surface area contributed by atoms with Crippen molar-refractivity contribution in [1.29, 1.82) is 0 Å². The summed E-state index contributed by atoms with van der Waals surface area (Å²) in [6.07, 6.45) is 0.758. The Kier molecular flexibility index (Phi) is 9.80. The first kappa shape index (κ1) is 27.5. The SMILES string of the molecule is CN1CCc2nc(C(=O)N[C@@H](CNC(=O)C(=O)Nc3ccc(Cl)cc3)C(=O)N(C)C)sc2C1.Cl. The highest BCUT2D eigenvalue weighted by Gasteiger charge is 2.27. The van der Waals surface area contributed by atoms with E-state index in [0.717, 1.165) is 30.1 Å². The lowest BCUT2D eigenvalue weighted by atomic mass is 10.2. The highest BCUT2D eigenvalue weighted by atomic mass is 35.5. The van der Waals surface area contributed by atoms with Gasteiger partial charge < -0.3 is 25.8 Å². The standard InChI is InChI=1S/C21H25ClN6O4S.ClH/c1-27(2)21(32)15(10-23-17(29)18(30)24-13-6-4-12(22)5-7-13)25-19(31)20-26-14-8-9-28(3)11-16(14)33-20;/h4-7,15H,8-11H2,1-3H3,(H,23,29)(H,24,30)(H,25,31);1H/t15-;/m0./s1. The fraction of sp³-hybridized carbons (Fsp3) is 0.381. The maximum atomic E-state index is 12.8. The minimum atomic E-state index is -1.07. The molecule has 13 heteroatoms. The summed E-state index contributed by atoms with van der Waals surface area (Å²) in [7, 11) is 5.07. The van der Waals surface area contributed by atoms with Gasteiger partial charge in [0.25, 0.3) is 5.91 Å². The predicted octanol–water partition coefficient (Wildman–Crippen LogP) is 1.15. The van der Waals surface area contributed by atoms with Crippen LogP contribution < -0.4 is 16.0 Å². The van der Waals surface area contributed by atoms with Gasteiger partial charge in [0.2, 0.25) is 5.91 Å². The first-order valence-corrected chi connectivity index (χ1v) is 11.4. The maximum absolute atomic E-state index is 12.8. The van der Waals surface area contributed by atoms with E-state index >= 15 is 0 Å². The molecule has 10 nitrogen and oxygen atoms in total. The quantitative estimate of drug-likeness (QED) is 0.483. The predicted molar refractivity (Wildman–Crippen MR) is 132 cm³/mol. The van der Waals surface area contributed by atoms with Gasteiger partial charge >= 0.3 is 11.8 Å². The number of fused-ring (bicyclic) bond motifs is 1. The number of aromatic nitrogens is 1. The van der Waals surface area contributed by atoms with Crippen LogP contribution in [0.3, 0.4) is 0 Å². The molecule has 184 valence electrons. The van der Waals surface area contributed by atoms with E-state index in [1.807, 2.05) is 7.05 Å². The number of rotatable bonds is 6. The zero-order valence-corrected chi connectivity index (χ0v) is 21.3. The highest BCUT2D eigenvalue weighted by molar-refractivity contribution is 7.13. The molecule has 0 saturated heterocycles. The minimum Gasteiger partial charge on any atom is -0.347 e. The number of thiazole rings is 1. The van der Waals surface area contributed by atoms with Crippen LogP contribution in [0.15, 0.2) is 24.3 Å². The van der Waals surface area contributed by atoms with Crippen LogP contribution in [0.5, 0.6) is 0 Å². The number of hydrogen-bond acceptors (Lipinski definition) is 7. The summed E-state index contributed by atoms with van der Waals surface area (Å²) in [5, 5.41) is 8.22. The van der Waals surface area contributed by atoms with E-state index in [1.165, 1.54) is 30.3 Å². The molecule has 1 aliphatic rings. The molecular weight excluding hydrogens is 503 g/mol. The minimum absolute atomic E-state index is 0. The van der Waals surface area contributed by atoms with E-state index in [0.29, 0.717) is 10.7 Å². The van der Waals surface area contributed by atoms with Crippen LogP contribution in [0, 0.1) is 0 Å². The Bertz CT molecular complexity index is 1060. The Morgan fingerprint density at radius 2 is 1.85 bits per heavy atom. The van der Waals surface area contributed by atoms with Crippen molar-refractivity contribution in [3.05, 3.63) is 44.9 Å². The van der Waals surface area contributed by atoms with Gasteiger partial charge in [-0.1, -0.05) is 11.6 Å². The normalized spacial score (nSPS) is 13.6. The van der Waals surface area contributed by atoms with Crippen molar-refractivity contribution in [2.24, 2.45) is 0 Å². The molecule has 1 aromatic carbocycles. The monoisotopic (exact) mass is 528 g/mol. The summed E-state index contributed by atoms with van der Waals surface area (Å²) < 4.78 is 0. The lowest BCUT2D eigenvalue weighted by molar-refractivity contribution is -0.136. The van der Waals surface area contributed by atoms with E-state index in [1.54, 1.807) is 24.3 Å². The summed E-state index contributed by atoms with van der Waals surface area (Å²) in [5.74, 6) is -2.78. The molecule has 1 aliphatic heterocycles. The van der Waals surface area contributed by atoms with Crippen molar-refractivity contribution < 1.29 is 19.2 Å². The van der Waals surface area contributed by atoms with E-state index in [9.17, 15) is 19.2 Å². The molecule has 0 saturated carbocycles. The van der Waals surface area contributed by atoms with Crippen LogP contribution in [-0.2, 0) is 27.3 Å². The molecule has 0 aliphatic carbocycles. The number of amides is 4. The fourth-order valence-electron chi connectivity index (χ4n) is 3.15. The molecule has 3 rings (SSSR count). The third-order valence-electron chi connectivity index (χ3n) is 4.94. The van der Waals surface area contributed by atoms with Crippen molar-refractivity contribution in [3.8, 4) is 0 Å². The van der Waals surface area contributed by atoms with Crippen LogP contribution in [0.25, 0.3) is 0 Å². The van der Waals surface area contributed by atoms with Crippen molar-refractivity contribution in [2.45, 2.75) is 19.0 Å². The average molecular weight is 529 g/mol. The first-order chi connectivity index (χ1) is 15.6. The topological polar surface area (TPSA) is 124 Å². The third kappa shape index (κ3) is 7.13. The van der Waals surface area contributed by atoms with Gasteiger partial charge in [0.05, 0.1) is 5.69 Å². The van der Waals surface area contributed by atoms with Gasteiger partial charge in [-0.05, 0) is 31.3 Å². The summed E-state index contributed by atoms with van der Waals surface area (Å²) in [6.45, 7) is 1.33. The van der Waals surface area contributed by atoms with Gasteiger partial charge in [-0.2, -0.15) is 0 Å². The molecular formula is C21H26Cl2N6O4S. The molecule has 2 aromatic rings. The largest absolute Gasteiger partial charge is 0.347 e. The maximum Gasteiger partial charge on any atom is 0.313 e. The third-order valence-corrected chi connectivity index (χ3v) is 6.27. The molecule has 0 spiro atoms. The van der Waals surface area contributed by atoms with Gasteiger partial charge in [0.1, 0.15) is 6.04 Å². The number of likely N-dealkylation sites (N-methyl/N-ethyl adjacent to an activating group) is 2. The Morgan fingerprint density at radius 3 is 2.50 bits per heavy atom. The number of halogens is 2. The second kappa shape index (κ2) is 12.1. The number of carbonyl (C=O) groups is 4. The van der Waals surface area contributed by atoms with Crippen molar-refractivity contribution in [2.75, 3.05) is 39.5 Å². The van der Waals surface area contributed by atoms with Crippen molar-refractivity contribution in [3.63, 3.8) is 0 Å². The van der Waals surface area contributed by atoms with Gasteiger partial charge in [-0.25, -0.2) is 4.98 Å². The first-order valence-electron chi connectivity index (χ1n) is 10.2. The van der Waals surface area contributed by atoms with Gasteiger partial charge in [-0.15, -0.1) is 23.7 Å². The average Bonchev–Trinajstić information content (AvgIpc) is 3.20. The van der Waals surface area contributed by atoms with Crippen molar-refractivity contribution >= 4 is 64.7 Å². The number of hydrogen-bond donors (Lipinski definition) is 3. The Labute approximate surface area is 212 Å². The van der Waals surface area contributed by atoms with Gasteiger partial charge in [0, 0.05) is 55.7 Å². The summed E-state index contributed by atoms with van der Waals surface area (Å²) in [4.78, 5) is 58.6. The van der Waals surface area contributed by atoms with E-state index < -0.39 is 29.7 Å². The van der Waals surface area contributed by atoms with Crippen LogP contribution in [0.2, 0.25) is 5.02 Å². The molecule has 0 fully saturated rings. The number of nitrogens with zero attached hydrogens (tertiary/aromatic N) is 3. The van der Waals surface area contributed by atoms with Gasteiger partial charge in [-0.3, -0.25) is 19.2 Å². The highest BCUT2D eigenvalue weighted by Crippen LogP contribution is 2.24. The summed E-state index contributed by atoms with van der Waals surface area (Å²) in [6, 6.07) is 5.19. The van der Waals surface area contributed by atoms with Gasteiger partial charge in [0.15, 0.2) is 5.01 Å². The zero-order chi connectivity index (χ0) is 24.1. The van der Waals surface area contributed by atoms with Crippen LogP contribution in [-0.4, -0.2) is 78.7 Å². The molecule has 0 unspecified atom stereocenters. The molecule has 1 aromatic heterocycles. The van der Waals surface area contributed by atoms with E-state index in [4.69, 9.17) is 11.6 Å². The smallest absolute Gasteiger partial charge is 0.313 e. The Hall–Kier alpha value is -2.73. The zero-order valence-electron chi connectivity index (χ0n) is 18.9. The molecule has 34 heavy (non-hydrogen) atoms. The van der Waals surface area contributed by atoms with Crippen LogP contribution in [0.1, 0.15) is 20.4 Å². The lowest BCUT2D eigenvalue weighted by Gasteiger charge is -2.21. The second-order valence-electron chi connectivity index (χ2n) is 7.81. The molecule has 2 heterocycles. The number of anilines is 1. The Balaban J connectivity index is 0.00000408. The fourth-order valence-corrected chi connectivity index (χ4v) is 4.37. The van der Waals surface area contributed by atoms with E-state index in [2.05, 4.69) is 25.8 Å². The summed E-state index contributed by atoms with van der Waals surface area (Å²) >= 11 is 7.09. The number of carbonyl (C=O) groups excluding carboxylic acids is 4. The molecule has 0 radical (unpaired) electrons. The van der Waals surface area contributed by atoms with E-state index in [-0.39, 0.29) is 24.0 Å². The lowest BCUT2D eigenvalue weighted by Crippen LogP contribution is -2.53. The number of benzene rings is 1. The number of nitrogens with one attached hydrogen (secondary N) is 3. The molecule has 3 N–H and O–H groups in total. The van der Waals surface area contributed by atoms with Crippen molar-refractivity contribution in [1.82, 2.24) is 25.4 Å². The molecule has 1 atom stereocenters.